The first-order valence-electron chi connectivity index (χ1n) is 10.1. The van der Waals surface area contributed by atoms with Crippen molar-refractivity contribution in [3.8, 4) is 11.1 Å². The molecule has 0 bridgehead atoms. The molecule has 1 amide bonds. The Balaban J connectivity index is 1.74. The van der Waals surface area contributed by atoms with E-state index < -0.39 is 15.1 Å². The van der Waals surface area contributed by atoms with Crippen molar-refractivity contribution in [1.29, 1.82) is 0 Å². The van der Waals surface area contributed by atoms with Gasteiger partial charge >= 0.3 is 0 Å². The zero-order valence-electron chi connectivity index (χ0n) is 18.0. The number of aryl methyl sites for hydroxylation is 1. The Bertz CT molecular complexity index is 1410. The molecule has 2 aromatic carbocycles. The second kappa shape index (κ2) is 8.80. The predicted molar refractivity (Wildman–Crippen MR) is 130 cm³/mol. The Morgan fingerprint density at radius 2 is 1.94 bits per heavy atom. The molecule has 164 valence electrons. The maximum Gasteiger partial charge on any atom is 0.257 e. The van der Waals surface area contributed by atoms with Crippen LogP contribution in [0.4, 0.5) is 5.13 Å². The number of nitrogens with one attached hydrogen (secondary N) is 1. The van der Waals surface area contributed by atoms with Gasteiger partial charge in [0.05, 0.1) is 10.8 Å². The molecule has 0 radical (unpaired) electrons. The van der Waals surface area contributed by atoms with Gasteiger partial charge in [-0.15, -0.1) is 11.3 Å². The molecule has 0 aliphatic heterocycles. The minimum absolute atomic E-state index is 0.236. The highest BCUT2D eigenvalue weighted by Gasteiger charge is 2.18. The van der Waals surface area contributed by atoms with Crippen LogP contribution in [-0.4, -0.2) is 35.8 Å². The van der Waals surface area contributed by atoms with Crippen molar-refractivity contribution in [3.05, 3.63) is 76.9 Å². The van der Waals surface area contributed by atoms with E-state index >= 15 is 0 Å². The molecule has 6 nitrogen and oxygen atoms in total. The first-order valence-corrected chi connectivity index (χ1v) is 12.9. The molecular formula is C24H23N3O3S2. The highest BCUT2D eigenvalue weighted by atomic mass is 32.2. The molecule has 1 N–H and O–H groups in total. The summed E-state index contributed by atoms with van der Waals surface area (Å²) in [6.07, 6.45) is 5.11. The number of pyridine rings is 1. The van der Waals surface area contributed by atoms with Crippen LogP contribution in [0.25, 0.3) is 22.0 Å². The SMILES string of the molecule is Cc1cnc(NC(=O)c2cccc(-c3cc(CC(C)S(C)(=O)=O)cc4cccnc34)c2)s1. The Morgan fingerprint density at radius 3 is 2.66 bits per heavy atom. The Labute approximate surface area is 191 Å². The van der Waals surface area contributed by atoms with Crippen molar-refractivity contribution in [2.45, 2.75) is 25.5 Å². The second-order valence-electron chi connectivity index (χ2n) is 7.87. The zero-order chi connectivity index (χ0) is 22.9. The summed E-state index contributed by atoms with van der Waals surface area (Å²) in [5.41, 5.74) is 3.92. The van der Waals surface area contributed by atoms with Gasteiger partial charge in [-0.1, -0.05) is 18.2 Å². The number of fused-ring (bicyclic) bond motifs is 1. The van der Waals surface area contributed by atoms with Crippen LogP contribution in [0.15, 0.2) is 60.9 Å². The van der Waals surface area contributed by atoms with Crippen molar-refractivity contribution in [2.24, 2.45) is 0 Å². The summed E-state index contributed by atoms with van der Waals surface area (Å²) >= 11 is 1.42. The molecule has 4 rings (SSSR count). The molecule has 2 heterocycles. The Morgan fingerprint density at radius 1 is 1.12 bits per heavy atom. The number of nitrogens with zero attached hydrogens (tertiary/aromatic N) is 2. The van der Waals surface area contributed by atoms with Gasteiger partial charge in [0, 0.05) is 40.0 Å². The third kappa shape index (κ3) is 4.87. The molecule has 8 heteroatoms. The molecular weight excluding hydrogens is 442 g/mol. The lowest BCUT2D eigenvalue weighted by atomic mass is 9.96. The van der Waals surface area contributed by atoms with E-state index in [9.17, 15) is 13.2 Å². The number of sulfone groups is 1. The van der Waals surface area contributed by atoms with Crippen LogP contribution in [0.2, 0.25) is 0 Å². The number of amides is 1. The minimum atomic E-state index is -3.15. The van der Waals surface area contributed by atoms with E-state index in [0.717, 1.165) is 32.5 Å². The third-order valence-electron chi connectivity index (χ3n) is 5.30. The molecule has 32 heavy (non-hydrogen) atoms. The van der Waals surface area contributed by atoms with Crippen LogP contribution in [-0.2, 0) is 16.3 Å². The summed E-state index contributed by atoms with van der Waals surface area (Å²) in [5, 5.41) is 3.82. The molecule has 0 fully saturated rings. The normalized spacial score (nSPS) is 12.6. The number of carbonyl (C=O) groups is 1. The molecule has 0 aliphatic carbocycles. The number of hydrogen-bond donors (Lipinski definition) is 1. The van der Waals surface area contributed by atoms with E-state index in [1.54, 1.807) is 25.4 Å². The average Bonchev–Trinajstić information content (AvgIpc) is 3.17. The van der Waals surface area contributed by atoms with Gasteiger partial charge in [0.25, 0.3) is 5.91 Å². The van der Waals surface area contributed by atoms with E-state index in [2.05, 4.69) is 15.3 Å². The van der Waals surface area contributed by atoms with Gasteiger partial charge < -0.3 is 0 Å². The van der Waals surface area contributed by atoms with Crippen molar-refractivity contribution in [3.63, 3.8) is 0 Å². The molecule has 0 saturated heterocycles. The number of thiazole rings is 1. The molecule has 2 aromatic heterocycles. The first kappa shape index (κ1) is 22.1. The number of aromatic nitrogens is 2. The molecule has 4 aromatic rings. The van der Waals surface area contributed by atoms with Crippen molar-refractivity contribution in [1.82, 2.24) is 9.97 Å². The van der Waals surface area contributed by atoms with Crippen LogP contribution in [0, 0.1) is 6.92 Å². The van der Waals surface area contributed by atoms with Crippen LogP contribution in [0.3, 0.4) is 0 Å². The van der Waals surface area contributed by atoms with Gasteiger partial charge in [0.1, 0.15) is 9.84 Å². The molecule has 1 atom stereocenters. The standard InChI is InChI=1S/C24H23N3O3S2/c1-15-14-26-24(31-15)27-23(28)20-7-4-6-18(13-20)21-12-17(10-16(2)32(3,29)30)11-19-8-5-9-25-22(19)21/h4-9,11-14,16H,10H2,1-3H3,(H,26,27,28). The maximum atomic E-state index is 12.8. The summed E-state index contributed by atoms with van der Waals surface area (Å²) in [6.45, 7) is 3.65. The average molecular weight is 466 g/mol. The summed E-state index contributed by atoms with van der Waals surface area (Å²) in [6, 6.07) is 15.1. The van der Waals surface area contributed by atoms with Crippen molar-refractivity contribution >= 4 is 43.1 Å². The summed E-state index contributed by atoms with van der Waals surface area (Å²) in [7, 11) is -3.15. The number of hydrogen-bond acceptors (Lipinski definition) is 6. The highest BCUT2D eigenvalue weighted by molar-refractivity contribution is 7.91. The first-order chi connectivity index (χ1) is 15.2. The number of carbonyl (C=O) groups excluding carboxylic acids is 1. The fourth-order valence-corrected chi connectivity index (χ4v) is 4.64. The predicted octanol–water partition coefficient (Wildman–Crippen LogP) is 4.89. The van der Waals surface area contributed by atoms with Gasteiger partial charge in [0.2, 0.25) is 0 Å². The summed E-state index contributed by atoms with van der Waals surface area (Å²) in [5.74, 6) is -0.236. The van der Waals surface area contributed by atoms with E-state index in [0.29, 0.717) is 17.1 Å². The Hall–Kier alpha value is -3.10. The van der Waals surface area contributed by atoms with E-state index in [-0.39, 0.29) is 5.91 Å². The van der Waals surface area contributed by atoms with Gasteiger partial charge in [-0.3, -0.25) is 15.1 Å². The van der Waals surface area contributed by atoms with Gasteiger partial charge in [0.15, 0.2) is 5.13 Å². The summed E-state index contributed by atoms with van der Waals surface area (Å²) < 4.78 is 23.9. The van der Waals surface area contributed by atoms with Gasteiger partial charge in [-0.2, -0.15) is 0 Å². The van der Waals surface area contributed by atoms with Gasteiger partial charge in [-0.05, 0) is 61.7 Å². The number of anilines is 1. The van der Waals surface area contributed by atoms with Crippen LogP contribution >= 0.6 is 11.3 Å². The quantitative estimate of drug-likeness (QED) is 0.438. The van der Waals surface area contributed by atoms with E-state index in [1.807, 2.05) is 49.4 Å². The lowest BCUT2D eigenvalue weighted by Gasteiger charge is -2.14. The minimum Gasteiger partial charge on any atom is -0.298 e. The smallest absolute Gasteiger partial charge is 0.257 e. The third-order valence-corrected chi connectivity index (χ3v) is 7.75. The Kier molecular flexibility index (Phi) is 6.08. The molecule has 0 saturated carbocycles. The van der Waals surface area contributed by atoms with Crippen LogP contribution in [0.5, 0.6) is 0 Å². The monoisotopic (exact) mass is 465 g/mol. The van der Waals surface area contributed by atoms with Crippen LogP contribution in [0.1, 0.15) is 27.7 Å². The fraction of sp³-hybridized carbons (Fsp3) is 0.208. The second-order valence-corrected chi connectivity index (χ2v) is 11.6. The van der Waals surface area contributed by atoms with E-state index in [4.69, 9.17) is 0 Å². The number of rotatable bonds is 6. The zero-order valence-corrected chi connectivity index (χ0v) is 19.6. The maximum absolute atomic E-state index is 12.8. The van der Waals surface area contributed by atoms with E-state index in [1.165, 1.54) is 17.6 Å². The highest BCUT2D eigenvalue weighted by Crippen LogP contribution is 2.30. The van der Waals surface area contributed by atoms with Gasteiger partial charge in [-0.25, -0.2) is 13.4 Å². The topological polar surface area (TPSA) is 89.0 Å². The molecule has 1 unspecified atom stereocenters. The lowest BCUT2D eigenvalue weighted by molar-refractivity contribution is 0.102. The fourth-order valence-electron chi connectivity index (χ4n) is 3.49. The van der Waals surface area contributed by atoms with Crippen molar-refractivity contribution < 1.29 is 13.2 Å². The van der Waals surface area contributed by atoms with Crippen molar-refractivity contribution in [2.75, 3.05) is 11.6 Å². The molecule has 0 spiro atoms. The van der Waals surface area contributed by atoms with Crippen LogP contribution < -0.4 is 5.32 Å². The number of benzene rings is 2. The largest absolute Gasteiger partial charge is 0.298 e. The molecule has 0 aliphatic rings. The summed E-state index contributed by atoms with van der Waals surface area (Å²) in [4.78, 5) is 22.5. The lowest BCUT2D eigenvalue weighted by Crippen LogP contribution is -2.18.